The average Bonchev–Trinajstić information content (AvgIpc) is 2.85. The number of likely N-dealkylation sites (tertiary alicyclic amines) is 1. The van der Waals surface area contributed by atoms with Crippen LogP contribution in [0, 0.1) is 11.3 Å². The first-order valence-corrected chi connectivity index (χ1v) is 11.8. The Labute approximate surface area is 197 Å². The molecule has 0 N–H and O–H groups in total. The average molecular weight is 440 g/mol. The Morgan fingerprint density at radius 2 is 1.88 bits per heavy atom. The first-order valence-electron chi connectivity index (χ1n) is 11.8. The van der Waals surface area contributed by atoms with Gasteiger partial charge in [-0.3, -0.25) is 4.79 Å². The summed E-state index contributed by atoms with van der Waals surface area (Å²) in [6.45, 7) is 5.30. The second-order valence-electron chi connectivity index (χ2n) is 9.69. The molecular weight excluding hydrogens is 406 g/mol. The number of nitrogens with zero attached hydrogens (tertiary/aromatic N) is 3. The summed E-state index contributed by atoms with van der Waals surface area (Å²) in [7, 11) is 4.07. The van der Waals surface area contributed by atoms with Gasteiger partial charge in [0.2, 0.25) is 5.91 Å². The summed E-state index contributed by atoms with van der Waals surface area (Å²) < 4.78 is 0. The van der Waals surface area contributed by atoms with Gasteiger partial charge < -0.3 is 9.80 Å². The van der Waals surface area contributed by atoms with Crippen molar-refractivity contribution in [2.24, 2.45) is 0 Å². The van der Waals surface area contributed by atoms with Crippen molar-refractivity contribution in [1.82, 2.24) is 9.80 Å². The summed E-state index contributed by atoms with van der Waals surface area (Å²) in [6, 6.07) is 25.1. The Kier molecular flexibility index (Phi) is 6.54. The number of fused-ring (bicyclic) bond motifs is 1. The molecule has 1 aliphatic rings. The summed E-state index contributed by atoms with van der Waals surface area (Å²) >= 11 is 0. The molecule has 1 fully saturated rings. The van der Waals surface area contributed by atoms with E-state index in [9.17, 15) is 10.1 Å². The molecule has 0 spiro atoms. The predicted molar refractivity (Wildman–Crippen MR) is 134 cm³/mol. The van der Waals surface area contributed by atoms with Crippen LogP contribution in [0.15, 0.2) is 66.7 Å². The molecule has 3 unspecified atom stereocenters. The number of nitriles is 1. The van der Waals surface area contributed by atoms with E-state index in [4.69, 9.17) is 0 Å². The number of benzene rings is 3. The number of amides is 1. The van der Waals surface area contributed by atoms with Crippen LogP contribution in [0.5, 0.6) is 0 Å². The van der Waals surface area contributed by atoms with E-state index in [1.165, 1.54) is 5.56 Å². The van der Waals surface area contributed by atoms with Crippen LogP contribution in [0.1, 0.15) is 55.8 Å². The number of hydrogen-bond donors (Lipinski definition) is 0. The molecule has 0 radical (unpaired) electrons. The first-order chi connectivity index (χ1) is 15.8. The molecule has 1 heterocycles. The highest BCUT2D eigenvalue weighted by Crippen LogP contribution is 2.42. The van der Waals surface area contributed by atoms with E-state index in [-0.39, 0.29) is 17.4 Å². The van der Waals surface area contributed by atoms with E-state index in [1.807, 2.05) is 48.3 Å². The summed E-state index contributed by atoms with van der Waals surface area (Å²) in [5, 5.41) is 11.7. The highest BCUT2D eigenvalue weighted by atomic mass is 16.2. The Morgan fingerprint density at radius 3 is 2.58 bits per heavy atom. The molecule has 0 saturated carbocycles. The van der Waals surface area contributed by atoms with Crippen molar-refractivity contribution in [3.05, 3.63) is 83.4 Å². The van der Waals surface area contributed by atoms with Gasteiger partial charge in [0.1, 0.15) is 0 Å². The van der Waals surface area contributed by atoms with Gasteiger partial charge in [-0.1, -0.05) is 54.6 Å². The van der Waals surface area contributed by atoms with Crippen molar-refractivity contribution in [3.8, 4) is 6.07 Å². The van der Waals surface area contributed by atoms with Gasteiger partial charge >= 0.3 is 0 Å². The fourth-order valence-corrected chi connectivity index (χ4v) is 5.34. The Balaban J connectivity index is 1.65. The molecule has 0 aliphatic carbocycles. The Morgan fingerprint density at radius 1 is 1.18 bits per heavy atom. The van der Waals surface area contributed by atoms with Crippen LogP contribution in [0.3, 0.4) is 0 Å². The molecule has 33 heavy (non-hydrogen) atoms. The number of rotatable bonds is 5. The normalized spacial score (nSPS) is 22.0. The van der Waals surface area contributed by atoms with Crippen molar-refractivity contribution >= 4 is 16.7 Å². The van der Waals surface area contributed by atoms with Crippen LogP contribution in [0.25, 0.3) is 10.8 Å². The second-order valence-corrected chi connectivity index (χ2v) is 9.69. The lowest BCUT2D eigenvalue weighted by molar-refractivity contribution is -0.133. The summed E-state index contributed by atoms with van der Waals surface area (Å²) in [4.78, 5) is 18.0. The van der Waals surface area contributed by atoms with Crippen molar-refractivity contribution in [2.75, 3.05) is 20.6 Å². The molecule has 1 amide bonds. The quantitative estimate of drug-likeness (QED) is 0.514. The monoisotopic (exact) mass is 439 g/mol. The van der Waals surface area contributed by atoms with Crippen molar-refractivity contribution in [1.29, 1.82) is 5.26 Å². The van der Waals surface area contributed by atoms with Gasteiger partial charge in [-0.15, -0.1) is 0 Å². The van der Waals surface area contributed by atoms with E-state index in [0.717, 1.165) is 35.7 Å². The molecule has 3 atom stereocenters. The minimum Gasteiger partial charge on any atom is -0.339 e. The number of hydrogen-bond acceptors (Lipinski definition) is 3. The van der Waals surface area contributed by atoms with Crippen LogP contribution in [0.2, 0.25) is 0 Å². The fraction of sp³-hybridized carbons (Fsp3) is 0.379. The summed E-state index contributed by atoms with van der Waals surface area (Å²) in [5.74, 6) is 0.148. The lowest BCUT2D eigenvalue weighted by Gasteiger charge is -2.45. The summed E-state index contributed by atoms with van der Waals surface area (Å²) in [6.07, 6.45) is 2.43. The molecule has 170 valence electrons. The maximum absolute atomic E-state index is 13.7. The van der Waals surface area contributed by atoms with Gasteiger partial charge in [0, 0.05) is 24.9 Å². The fourth-order valence-electron chi connectivity index (χ4n) is 5.34. The zero-order valence-corrected chi connectivity index (χ0v) is 20.1. The van der Waals surface area contributed by atoms with Gasteiger partial charge in [0.15, 0.2) is 0 Å². The maximum atomic E-state index is 13.7. The smallest absolute Gasteiger partial charge is 0.223 e. The van der Waals surface area contributed by atoms with Gasteiger partial charge in [-0.2, -0.15) is 5.26 Å². The molecule has 1 saturated heterocycles. The van der Waals surface area contributed by atoms with Crippen LogP contribution in [-0.4, -0.2) is 42.4 Å². The minimum atomic E-state index is -0.158. The maximum Gasteiger partial charge on any atom is 0.223 e. The highest BCUT2D eigenvalue weighted by Gasteiger charge is 2.41. The Bertz CT molecular complexity index is 1180. The van der Waals surface area contributed by atoms with Crippen LogP contribution in [0.4, 0.5) is 0 Å². The third-order valence-corrected chi connectivity index (χ3v) is 7.70. The molecule has 0 bridgehead atoms. The van der Waals surface area contributed by atoms with E-state index >= 15 is 0 Å². The number of carbonyl (C=O) groups excluding carboxylic acids is 1. The Hall–Kier alpha value is -3.16. The van der Waals surface area contributed by atoms with E-state index in [0.29, 0.717) is 18.0 Å². The molecule has 3 aromatic carbocycles. The van der Waals surface area contributed by atoms with E-state index < -0.39 is 0 Å². The van der Waals surface area contributed by atoms with Gasteiger partial charge in [0.25, 0.3) is 0 Å². The molecule has 4 nitrogen and oxygen atoms in total. The number of piperidine rings is 1. The zero-order chi connectivity index (χ0) is 23.6. The number of carbonyl (C=O) groups is 1. The molecule has 4 heteroatoms. The SMILES string of the molecule is CC1CC(CC(=O)N(C)C(C)c2cc(C#N)cc3ccccc23)(c2ccccc2)CCN1C. The first kappa shape index (κ1) is 23.0. The van der Waals surface area contributed by atoms with Crippen LogP contribution in [-0.2, 0) is 10.2 Å². The molecular formula is C29H33N3O. The molecule has 0 aromatic heterocycles. The van der Waals surface area contributed by atoms with Crippen molar-refractivity contribution < 1.29 is 4.79 Å². The largest absolute Gasteiger partial charge is 0.339 e. The van der Waals surface area contributed by atoms with E-state index in [2.05, 4.69) is 62.2 Å². The topological polar surface area (TPSA) is 47.3 Å². The van der Waals surface area contributed by atoms with Crippen LogP contribution >= 0.6 is 0 Å². The second kappa shape index (κ2) is 9.37. The van der Waals surface area contributed by atoms with Crippen LogP contribution < -0.4 is 0 Å². The standard InChI is InChI=1S/C29H33N3O/c1-21-18-29(14-15-31(21)3,25-11-6-5-7-12-25)19-28(33)32(4)22(2)27-17-23(20-30)16-24-10-8-9-13-26(24)27/h5-13,16-17,21-22H,14-15,18-19H2,1-4H3. The van der Waals surface area contributed by atoms with Crippen molar-refractivity contribution in [3.63, 3.8) is 0 Å². The molecule has 4 rings (SSSR count). The lowest BCUT2D eigenvalue weighted by atomic mass is 9.68. The van der Waals surface area contributed by atoms with Crippen molar-refractivity contribution in [2.45, 2.75) is 50.6 Å². The third kappa shape index (κ3) is 4.51. The predicted octanol–water partition coefficient (Wildman–Crippen LogP) is 5.67. The van der Waals surface area contributed by atoms with E-state index in [1.54, 1.807) is 0 Å². The van der Waals surface area contributed by atoms with Gasteiger partial charge in [0.05, 0.1) is 17.7 Å². The minimum absolute atomic E-state index is 0.132. The molecule has 1 aliphatic heterocycles. The van der Waals surface area contributed by atoms with Gasteiger partial charge in [-0.05, 0) is 74.3 Å². The summed E-state index contributed by atoms with van der Waals surface area (Å²) in [5.41, 5.74) is 2.75. The third-order valence-electron chi connectivity index (χ3n) is 7.70. The zero-order valence-electron chi connectivity index (χ0n) is 20.1. The highest BCUT2D eigenvalue weighted by molar-refractivity contribution is 5.88. The molecule has 3 aromatic rings. The van der Waals surface area contributed by atoms with Gasteiger partial charge in [-0.25, -0.2) is 0 Å². The lowest BCUT2D eigenvalue weighted by Crippen LogP contribution is -2.48.